The molecule has 0 aliphatic rings. The fraction of sp³-hybridized carbons (Fsp3) is 0.318. The minimum Gasteiger partial charge on any atom is -0.443 e. The van der Waals surface area contributed by atoms with E-state index in [9.17, 15) is 10.0 Å². The first kappa shape index (κ1) is 19.6. The Balaban J connectivity index is 2.13. The third kappa shape index (κ3) is 5.65. The molecule has 2 aromatic carbocycles. The molecule has 4 nitrogen and oxygen atoms in total. The topological polar surface area (TPSA) is 49.8 Å². The maximum absolute atomic E-state index is 12.3. The quantitative estimate of drug-likeness (QED) is 0.334. The summed E-state index contributed by atoms with van der Waals surface area (Å²) >= 11 is 0. The molecule has 1 unspecified atom stereocenters. The molecule has 0 aliphatic heterocycles. The molecular weight excluding hydrogens is 326 g/mol. The number of benzene rings is 2. The summed E-state index contributed by atoms with van der Waals surface area (Å²) in [5, 5.41) is 11.0. The zero-order valence-corrected chi connectivity index (χ0v) is 15.3. The average molecular weight is 351 g/mol. The van der Waals surface area contributed by atoms with Crippen molar-refractivity contribution in [2.75, 3.05) is 0 Å². The minimum absolute atomic E-state index is 0.0977. The number of hydrogen-bond donors (Lipinski definition) is 1. The molecule has 2 rings (SSSR count). The number of ether oxygens (including phenoxy) is 1. The van der Waals surface area contributed by atoms with Gasteiger partial charge >= 0.3 is 6.09 Å². The zero-order valence-electron chi connectivity index (χ0n) is 15.3. The van der Waals surface area contributed by atoms with Crippen LogP contribution < -0.4 is 0 Å². The number of amides is 1. The van der Waals surface area contributed by atoms with Gasteiger partial charge in [0.25, 0.3) is 0 Å². The van der Waals surface area contributed by atoms with Crippen LogP contribution in [0.25, 0.3) is 0 Å². The van der Waals surface area contributed by atoms with Gasteiger partial charge in [0, 0.05) is 6.42 Å². The van der Waals surface area contributed by atoms with Gasteiger partial charge in [0.1, 0.15) is 12.6 Å². The van der Waals surface area contributed by atoms with Gasteiger partial charge in [-0.05, 0) is 30.0 Å². The van der Waals surface area contributed by atoms with Crippen LogP contribution in [0, 0.1) is 18.8 Å². The van der Waals surface area contributed by atoms with E-state index >= 15 is 0 Å². The molecule has 0 fully saturated rings. The largest absolute Gasteiger partial charge is 0.443 e. The van der Waals surface area contributed by atoms with Gasteiger partial charge in [-0.15, -0.1) is 5.92 Å². The first-order chi connectivity index (χ1) is 12.6. The summed E-state index contributed by atoms with van der Waals surface area (Å²) in [5.74, 6) is 6.08. The van der Waals surface area contributed by atoms with Gasteiger partial charge in [-0.1, -0.05) is 73.9 Å². The number of nitrogens with zero attached hydrogens (tertiary/aromatic N) is 1. The highest BCUT2D eigenvalue weighted by atomic mass is 16.6. The molecule has 0 bridgehead atoms. The van der Waals surface area contributed by atoms with Crippen molar-refractivity contribution in [1.29, 1.82) is 0 Å². The van der Waals surface area contributed by atoms with E-state index in [4.69, 9.17) is 4.74 Å². The van der Waals surface area contributed by atoms with Gasteiger partial charge < -0.3 is 4.74 Å². The minimum atomic E-state index is -0.813. The molecule has 0 spiro atoms. The van der Waals surface area contributed by atoms with Crippen LogP contribution in [0.3, 0.4) is 0 Å². The van der Waals surface area contributed by atoms with Crippen molar-refractivity contribution in [3.63, 3.8) is 0 Å². The summed E-state index contributed by atoms with van der Waals surface area (Å²) in [6.45, 7) is 4.12. The molecule has 0 heterocycles. The van der Waals surface area contributed by atoms with Crippen LogP contribution in [-0.2, 0) is 11.3 Å². The Morgan fingerprint density at radius 1 is 1.15 bits per heavy atom. The first-order valence-electron chi connectivity index (χ1n) is 8.86. The van der Waals surface area contributed by atoms with Crippen LogP contribution in [-0.4, -0.2) is 16.4 Å². The Hall–Kier alpha value is -2.77. The van der Waals surface area contributed by atoms with Crippen molar-refractivity contribution in [1.82, 2.24) is 5.06 Å². The molecule has 0 aromatic heterocycles. The Labute approximate surface area is 155 Å². The van der Waals surface area contributed by atoms with Crippen LogP contribution in [0.2, 0.25) is 0 Å². The van der Waals surface area contributed by atoms with Crippen molar-refractivity contribution in [2.45, 2.75) is 45.8 Å². The van der Waals surface area contributed by atoms with Crippen molar-refractivity contribution < 1.29 is 14.7 Å². The molecule has 0 saturated carbocycles. The molecule has 0 aliphatic carbocycles. The van der Waals surface area contributed by atoms with Gasteiger partial charge in [-0.25, -0.2) is 4.79 Å². The lowest BCUT2D eigenvalue weighted by Gasteiger charge is -2.23. The van der Waals surface area contributed by atoms with Crippen molar-refractivity contribution in [3.8, 4) is 11.8 Å². The normalized spacial score (nSPS) is 11.2. The van der Waals surface area contributed by atoms with E-state index in [2.05, 4.69) is 18.8 Å². The number of carbonyl (C=O) groups excluding carboxylic acids is 1. The summed E-state index contributed by atoms with van der Waals surface area (Å²) in [4.78, 5) is 12.3. The number of rotatable bonds is 6. The molecule has 26 heavy (non-hydrogen) atoms. The van der Waals surface area contributed by atoms with E-state index in [1.807, 2.05) is 61.5 Å². The van der Waals surface area contributed by atoms with Gasteiger partial charge in [0.2, 0.25) is 0 Å². The molecule has 0 saturated heterocycles. The summed E-state index contributed by atoms with van der Waals surface area (Å²) in [5.41, 5.74) is 2.60. The van der Waals surface area contributed by atoms with Gasteiger partial charge in [-0.3, -0.25) is 5.21 Å². The Bertz CT molecular complexity index is 762. The van der Waals surface area contributed by atoms with E-state index < -0.39 is 12.1 Å². The van der Waals surface area contributed by atoms with Crippen LogP contribution >= 0.6 is 0 Å². The highest BCUT2D eigenvalue weighted by Crippen LogP contribution is 2.23. The second-order valence-electron chi connectivity index (χ2n) is 6.07. The van der Waals surface area contributed by atoms with Gasteiger partial charge in [0.05, 0.1) is 0 Å². The Morgan fingerprint density at radius 3 is 2.54 bits per heavy atom. The summed E-state index contributed by atoms with van der Waals surface area (Å²) in [6.07, 6.45) is 1.95. The predicted molar refractivity (Wildman–Crippen MR) is 101 cm³/mol. The molecule has 4 heteroatoms. The lowest BCUT2D eigenvalue weighted by molar-refractivity contribution is -0.0936. The lowest BCUT2D eigenvalue weighted by Crippen LogP contribution is -2.32. The summed E-state index contributed by atoms with van der Waals surface area (Å²) in [7, 11) is 0. The molecule has 136 valence electrons. The van der Waals surface area contributed by atoms with Crippen molar-refractivity contribution in [3.05, 3.63) is 71.3 Å². The number of aryl methyl sites for hydroxylation is 1. The molecule has 1 amide bonds. The van der Waals surface area contributed by atoms with Crippen LogP contribution in [0.1, 0.15) is 48.9 Å². The van der Waals surface area contributed by atoms with Crippen LogP contribution in [0.5, 0.6) is 0 Å². The Kier molecular flexibility index (Phi) is 7.73. The first-order valence-corrected chi connectivity index (χ1v) is 8.86. The highest BCUT2D eigenvalue weighted by molar-refractivity contribution is 5.67. The van der Waals surface area contributed by atoms with E-state index in [0.29, 0.717) is 5.06 Å². The van der Waals surface area contributed by atoms with Crippen LogP contribution in [0.4, 0.5) is 4.79 Å². The van der Waals surface area contributed by atoms with E-state index in [0.717, 1.165) is 36.0 Å². The smallest absolute Gasteiger partial charge is 0.435 e. The fourth-order valence-corrected chi connectivity index (χ4v) is 2.49. The van der Waals surface area contributed by atoms with E-state index in [1.165, 1.54) is 0 Å². The number of hydroxylamine groups is 2. The Morgan fingerprint density at radius 2 is 1.85 bits per heavy atom. The number of unbranched alkanes of at least 4 members (excludes halogenated alkanes) is 2. The van der Waals surface area contributed by atoms with Gasteiger partial charge in [-0.2, -0.15) is 5.06 Å². The summed E-state index contributed by atoms with van der Waals surface area (Å²) < 4.78 is 5.23. The maximum atomic E-state index is 12.3. The maximum Gasteiger partial charge on any atom is 0.435 e. The van der Waals surface area contributed by atoms with E-state index in [-0.39, 0.29) is 6.61 Å². The van der Waals surface area contributed by atoms with Gasteiger partial charge in [0.15, 0.2) is 0 Å². The highest BCUT2D eigenvalue weighted by Gasteiger charge is 2.24. The zero-order chi connectivity index (χ0) is 18.8. The second kappa shape index (κ2) is 10.3. The van der Waals surface area contributed by atoms with Crippen LogP contribution in [0.15, 0.2) is 54.6 Å². The molecule has 2 aromatic rings. The SMILES string of the molecule is CCCCC#CC(c1ccccc1C)N(O)C(=O)OCc1ccccc1. The summed E-state index contributed by atoms with van der Waals surface area (Å²) in [6, 6.07) is 16.2. The van der Waals surface area contributed by atoms with Crippen molar-refractivity contribution >= 4 is 6.09 Å². The number of hydrogen-bond acceptors (Lipinski definition) is 3. The predicted octanol–water partition coefficient (Wildman–Crippen LogP) is 5.26. The third-order valence-electron chi connectivity index (χ3n) is 4.01. The third-order valence-corrected chi connectivity index (χ3v) is 4.01. The van der Waals surface area contributed by atoms with E-state index in [1.54, 1.807) is 0 Å². The standard InChI is InChI=1S/C22H25NO3/c1-3-4-5-9-16-21(20-15-11-10-12-18(20)2)23(25)22(24)26-17-19-13-7-6-8-14-19/h6-8,10-15,21,25H,3-5,17H2,1-2H3. The second-order valence-corrected chi connectivity index (χ2v) is 6.07. The average Bonchev–Trinajstić information content (AvgIpc) is 2.67. The van der Waals surface area contributed by atoms with Crippen molar-refractivity contribution in [2.24, 2.45) is 0 Å². The monoisotopic (exact) mass is 351 g/mol. The molecule has 0 radical (unpaired) electrons. The lowest BCUT2D eigenvalue weighted by atomic mass is 10.0. The molecular formula is C22H25NO3. The molecule has 1 atom stereocenters. The number of carbonyl (C=O) groups is 1. The fourth-order valence-electron chi connectivity index (χ4n) is 2.49. The molecule has 1 N–H and O–H groups in total.